The van der Waals surface area contributed by atoms with E-state index in [2.05, 4.69) is 46.8 Å². The van der Waals surface area contributed by atoms with Crippen LogP contribution < -0.4 is 5.73 Å². The third kappa shape index (κ3) is 31.9. The Morgan fingerprint density at radius 2 is 1.32 bits per heavy atom. The minimum absolute atomic E-state index is 0.817. The van der Waals surface area contributed by atoms with Crippen LogP contribution in [-0.2, 0) is 0 Å². The first kappa shape index (κ1) is 29.5. The van der Waals surface area contributed by atoms with E-state index >= 15 is 0 Å². The molecule has 1 atom stereocenters. The van der Waals surface area contributed by atoms with Crippen LogP contribution in [0.25, 0.3) is 0 Å². The number of hydrogen-bond donors (Lipinski definition) is 1. The summed E-state index contributed by atoms with van der Waals surface area (Å²) < 4.78 is 0. The molecule has 1 nitrogen and oxygen atoms in total. The van der Waals surface area contributed by atoms with Crippen LogP contribution in [0.4, 0.5) is 0 Å². The van der Waals surface area contributed by atoms with Crippen LogP contribution in [0, 0.1) is 11.8 Å². The first-order valence-corrected chi connectivity index (χ1v) is 11.5. The van der Waals surface area contributed by atoms with E-state index in [-0.39, 0.29) is 0 Å². The van der Waals surface area contributed by atoms with Gasteiger partial charge in [-0.25, -0.2) is 0 Å². The van der Waals surface area contributed by atoms with Gasteiger partial charge >= 0.3 is 0 Å². The van der Waals surface area contributed by atoms with Crippen molar-refractivity contribution in [2.45, 2.75) is 126 Å². The van der Waals surface area contributed by atoms with Crippen LogP contribution in [0.2, 0.25) is 0 Å². The minimum Gasteiger partial charge on any atom is -0.330 e. The van der Waals surface area contributed by atoms with E-state index in [1.165, 1.54) is 77.0 Å². The Kier molecular flexibility index (Phi) is 33.6. The molecule has 0 aliphatic carbocycles. The molecule has 0 heterocycles. The second-order valence-corrected chi connectivity index (χ2v) is 7.32. The van der Waals surface area contributed by atoms with Crippen molar-refractivity contribution in [2.24, 2.45) is 17.6 Å². The summed E-state index contributed by atoms with van der Waals surface area (Å²) in [5, 5.41) is 0. The van der Waals surface area contributed by atoms with Gasteiger partial charge in [0, 0.05) is 0 Å². The van der Waals surface area contributed by atoms with E-state index in [1.54, 1.807) is 0 Å². The summed E-state index contributed by atoms with van der Waals surface area (Å²) >= 11 is 0. The predicted molar refractivity (Wildman–Crippen MR) is 120 cm³/mol. The molecule has 0 spiro atoms. The summed E-state index contributed by atoms with van der Waals surface area (Å²) in [6.45, 7) is 16.2. The van der Waals surface area contributed by atoms with Crippen LogP contribution in [-0.4, -0.2) is 6.54 Å². The molecule has 0 aliphatic heterocycles. The zero-order valence-electron chi connectivity index (χ0n) is 19.1. The zero-order chi connectivity index (χ0) is 19.8. The van der Waals surface area contributed by atoms with Gasteiger partial charge in [0.2, 0.25) is 0 Å². The maximum Gasteiger partial charge on any atom is -0.00772 e. The summed E-state index contributed by atoms with van der Waals surface area (Å²) in [4.78, 5) is 0. The van der Waals surface area contributed by atoms with Gasteiger partial charge in [-0.15, -0.1) is 0 Å². The molecule has 0 aromatic rings. The summed E-state index contributed by atoms with van der Waals surface area (Å²) in [7, 11) is 0. The Morgan fingerprint density at radius 3 is 1.80 bits per heavy atom. The normalized spacial score (nSPS) is 11.7. The molecule has 1 heteroatoms. The number of unbranched alkanes of at least 4 members (excludes halogenated alkanes) is 4. The summed E-state index contributed by atoms with van der Waals surface area (Å²) in [6.07, 6.45) is 20.7. The van der Waals surface area contributed by atoms with Crippen LogP contribution in [0.5, 0.6) is 0 Å². The van der Waals surface area contributed by atoms with Crippen LogP contribution in [0.3, 0.4) is 0 Å². The molecular weight excluding hydrogens is 302 g/mol. The lowest BCUT2D eigenvalue weighted by molar-refractivity contribution is 0.394. The lowest BCUT2D eigenvalue weighted by atomic mass is 9.92. The van der Waals surface area contributed by atoms with Crippen LogP contribution in [0.15, 0.2) is 12.2 Å². The number of hydrogen-bond acceptors (Lipinski definition) is 1. The highest BCUT2D eigenvalue weighted by molar-refractivity contribution is 4.82. The smallest absolute Gasteiger partial charge is 0.00772 e. The maximum atomic E-state index is 5.50. The lowest BCUT2D eigenvalue weighted by Gasteiger charge is -2.14. The van der Waals surface area contributed by atoms with Gasteiger partial charge < -0.3 is 5.73 Å². The number of nitrogens with two attached hydrogens (primary N) is 1. The van der Waals surface area contributed by atoms with Gasteiger partial charge in [-0.2, -0.15) is 0 Å². The van der Waals surface area contributed by atoms with Gasteiger partial charge in [0.05, 0.1) is 0 Å². The monoisotopic (exact) mass is 355 g/mol. The van der Waals surface area contributed by atoms with E-state index in [0.29, 0.717) is 0 Å². The molecule has 0 saturated carbocycles. The Balaban J connectivity index is -0.000000353. The third-order valence-electron chi connectivity index (χ3n) is 4.23. The first-order chi connectivity index (χ1) is 12.1. The highest BCUT2D eigenvalue weighted by Gasteiger charge is 2.05. The highest BCUT2D eigenvalue weighted by Crippen LogP contribution is 2.19. The van der Waals surface area contributed by atoms with E-state index in [9.17, 15) is 0 Å². The van der Waals surface area contributed by atoms with Crippen molar-refractivity contribution in [3.63, 3.8) is 0 Å². The average Bonchev–Trinajstić information content (AvgIpc) is 2.62. The molecule has 0 aromatic heterocycles. The Bertz CT molecular complexity index is 212. The van der Waals surface area contributed by atoms with E-state index in [0.717, 1.165) is 18.4 Å². The maximum absolute atomic E-state index is 5.50. The van der Waals surface area contributed by atoms with E-state index in [1.807, 2.05) is 13.8 Å². The molecule has 154 valence electrons. The van der Waals surface area contributed by atoms with Gasteiger partial charge in [-0.3, -0.25) is 0 Å². The number of allylic oxidation sites excluding steroid dienone is 2. The van der Waals surface area contributed by atoms with Gasteiger partial charge in [-0.05, 0) is 50.5 Å². The molecule has 0 radical (unpaired) electrons. The molecular formula is C24H53N. The fraction of sp³-hybridized carbons (Fsp3) is 0.917. The van der Waals surface area contributed by atoms with Gasteiger partial charge in [0.15, 0.2) is 0 Å². The van der Waals surface area contributed by atoms with Gasteiger partial charge in [-0.1, -0.05) is 106 Å². The topological polar surface area (TPSA) is 26.0 Å². The standard InChI is InChI=1S/C11H25N.C11H22.C2H6/c1-3-5-8-11(7-4-2)9-6-10-12;1-4-5-6-7-8-9-10-11(2)3;1-2/h11H,3-10,12H2,1-2H3;8-9,11H,4-7,10H2,1-3H3;1-2H3/b;9-8-;. The minimum atomic E-state index is 0.817. The van der Waals surface area contributed by atoms with Crippen LogP contribution in [0.1, 0.15) is 126 Å². The Morgan fingerprint density at radius 1 is 0.720 bits per heavy atom. The van der Waals surface area contributed by atoms with Crippen molar-refractivity contribution in [2.75, 3.05) is 6.54 Å². The van der Waals surface area contributed by atoms with Crippen molar-refractivity contribution in [3.8, 4) is 0 Å². The van der Waals surface area contributed by atoms with Crippen molar-refractivity contribution in [1.82, 2.24) is 0 Å². The molecule has 0 rings (SSSR count). The quantitative estimate of drug-likeness (QED) is 0.245. The Labute approximate surface area is 162 Å². The van der Waals surface area contributed by atoms with Crippen molar-refractivity contribution in [3.05, 3.63) is 12.2 Å². The molecule has 0 fully saturated rings. The summed E-state index contributed by atoms with van der Waals surface area (Å²) in [5.74, 6) is 1.77. The SMILES string of the molecule is CC.CCCCC(CCC)CCCN.CCCCC/C=C\CC(C)C. The zero-order valence-corrected chi connectivity index (χ0v) is 19.1. The molecule has 1 unspecified atom stereocenters. The molecule has 0 saturated heterocycles. The number of rotatable bonds is 14. The van der Waals surface area contributed by atoms with Crippen molar-refractivity contribution in [1.29, 1.82) is 0 Å². The summed E-state index contributed by atoms with van der Waals surface area (Å²) in [6, 6.07) is 0. The fourth-order valence-corrected chi connectivity index (χ4v) is 2.74. The third-order valence-corrected chi connectivity index (χ3v) is 4.23. The van der Waals surface area contributed by atoms with Crippen LogP contribution >= 0.6 is 0 Å². The fourth-order valence-electron chi connectivity index (χ4n) is 2.74. The van der Waals surface area contributed by atoms with Crippen molar-refractivity contribution >= 4 is 0 Å². The van der Waals surface area contributed by atoms with Gasteiger partial charge in [0.25, 0.3) is 0 Å². The molecule has 25 heavy (non-hydrogen) atoms. The highest BCUT2D eigenvalue weighted by atomic mass is 14.5. The second kappa shape index (κ2) is 28.5. The summed E-state index contributed by atoms with van der Waals surface area (Å²) in [5.41, 5.74) is 5.50. The average molecular weight is 356 g/mol. The molecule has 0 amide bonds. The largest absolute Gasteiger partial charge is 0.330 e. The molecule has 2 N–H and O–H groups in total. The molecule has 0 aromatic carbocycles. The molecule has 0 aliphatic rings. The van der Waals surface area contributed by atoms with Crippen molar-refractivity contribution < 1.29 is 0 Å². The first-order valence-electron chi connectivity index (χ1n) is 11.5. The lowest BCUT2D eigenvalue weighted by Crippen LogP contribution is -2.05. The second-order valence-electron chi connectivity index (χ2n) is 7.32. The molecule has 0 bridgehead atoms. The predicted octanol–water partition coefficient (Wildman–Crippen LogP) is 8.53. The van der Waals surface area contributed by atoms with E-state index in [4.69, 9.17) is 5.73 Å². The Hall–Kier alpha value is -0.300. The van der Waals surface area contributed by atoms with E-state index < -0.39 is 0 Å². The van der Waals surface area contributed by atoms with Gasteiger partial charge in [0.1, 0.15) is 0 Å².